The molecule has 0 aliphatic rings. The molecule has 25 heavy (non-hydrogen) atoms. The Labute approximate surface area is 145 Å². The summed E-state index contributed by atoms with van der Waals surface area (Å²) in [6.45, 7) is 3.97. The number of nitrogens with zero attached hydrogens (tertiary/aromatic N) is 3. The van der Waals surface area contributed by atoms with Gasteiger partial charge < -0.3 is 4.42 Å². The van der Waals surface area contributed by atoms with Gasteiger partial charge in [-0.1, -0.05) is 49.4 Å². The van der Waals surface area contributed by atoms with Crippen LogP contribution in [0.5, 0.6) is 0 Å². The Kier molecular flexibility index (Phi) is 5.20. The Morgan fingerprint density at radius 2 is 1.92 bits per heavy atom. The van der Waals surface area contributed by atoms with E-state index < -0.39 is 0 Å². The van der Waals surface area contributed by atoms with Crippen molar-refractivity contribution in [3.8, 4) is 11.3 Å². The van der Waals surface area contributed by atoms with E-state index in [-0.39, 0.29) is 10.6 Å². The molecule has 1 aromatic heterocycles. The Bertz CT molecular complexity index is 846. The first-order valence-electron chi connectivity index (χ1n) is 8.11. The zero-order valence-corrected chi connectivity index (χ0v) is 14.0. The van der Waals surface area contributed by atoms with Crippen LogP contribution in [-0.4, -0.2) is 21.4 Å². The molecule has 3 rings (SSSR count). The fourth-order valence-electron chi connectivity index (χ4n) is 2.62. The van der Waals surface area contributed by atoms with Crippen molar-refractivity contribution < 1.29 is 9.34 Å². The van der Waals surface area contributed by atoms with Gasteiger partial charge in [-0.3, -0.25) is 15.0 Å². The third-order valence-corrected chi connectivity index (χ3v) is 3.95. The zero-order chi connectivity index (χ0) is 17.6. The fraction of sp³-hybridized carbons (Fsp3) is 0.211. The predicted octanol–water partition coefficient (Wildman–Crippen LogP) is 4.27. The van der Waals surface area contributed by atoms with Gasteiger partial charge >= 0.3 is 0 Å². The summed E-state index contributed by atoms with van der Waals surface area (Å²) in [6.07, 6.45) is 1.73. The molecule has 0 amide bonds. The van der Waals surface area contributed by atoms with Gasteiger partial charge in [-0.15, -0.1) is 0 Å². The summed E-state index contributed by atoms with van der Waals surface area (Å²) in [5.41, 5.74) is 1.99. The molecule has 1 heterocycles. The third-order valence-electron chi connectivity index (χ3n) is 3.95. The Morgan fingerprint density at radius 3 is 2.64 bits per heavy atom. The molecular formula is C19H19N3O3. The first kappa shape index (κ1) is 16.9. The van der Waals surface area contributed by atoms with Gasteiger partial charge in [0.25, 0.3) is 5.69 Å². The lowest BCUT2D eigenvalue weighted by Crippen LogP contribution is -2.22. The minimum absolute atomic E-state index is 0.107. The number of nitro groups is 1. The highest BCUT2D eigenvalue weighted by Gasteiger charge is 2.12. The number of nitro benzene ring substituents is 1. The van der Waals surface area contributed by atoms with Crippen molar-refractivity contribution in [1.29, 1.82) is 0 Å². The number of hydrogen-bond donors (Lipinski definition) is 0. The summed E-state index contributed by atoms with van der Waals surface area (Å²) in [7, 11) is 0. The van der Waals surface area contributed by atoms with Crippen molar-refractivity contribution in [3.05, 3.63) is 82.4 Å². The molecule has 128 valence electrons. The van der Waals surface area contributed by atoms with Crippen molar-refractivity contribution in [3.63, 3.8) is 0 Å². The average molecular weight is 337 g/mol. The van der Waals surface area contributed by atoms with E-state index >= 15 is 0 Å². The fourth-order valence-corrected chi connectivity index (χ4v) is 2.62. The minimum atomic E-state index is -0.375. The van der Waals surface area contributed by atoms with E-state index in [0.29, 0.717) is 19.0 Å². The SMILES string of the molecule is CCN(Cc1cccc([N+](=O)[O-])c1)Cc1ncc(-c2ccccc2)o1. The molecule has 0 aliphatic heterocycles. The van der Waals surface area contributed by atoms with Gasteiger partial charge in [0.05, 0.1) is 17.7 Å². The maximum atomic E-state index is 10.9. The summed E-state index contributed by atoms with van der Waals surface area (Å²) in [6, 6.07) is 16.5. The molecule has 0 bridgehead atoms. The maximum Gasteiger partial charge on any atom is 0.269 e. The molecule has 0 spiro atoms. The van der Waals surface area contributed by atoms with Crippen LogP contribution in [0.2, 0.25) is 0 Å². The molecule has 0 saturated heterocycles. The summed E-state index contributed by atoms with van der Waals surface area (Å²) in [4.78, 5) is 17.0. The van der Waals surface area contributed by atoms with E-state index in [2.05, 4.69) is 9.88 Å². The first-order chi connectivity index (χ1) is 12.2. The number of oxazole rings is 1. The Morgan fingerprint density at radius 1 is 1.12 bits per heavy atom. The second-order valence-electron chi connectivity index (χ2n) is 5.71. The summed E-state index contributed by atoms with van der Waals surface area (Å²) in [5, 5.41) is 10.9. The molecule has 0 atom stereocenters. The molecular weight excluding hydrogens is 318 g/mol. The van der Waals surface area contributed by atoms with Crippen LogP contribution in [0.3, 0.4) is 0 Å². The molecule has 0 fully saturated rings. The first-order valence-corrected chi connectivity index (χ1v) is 8.11. The van der Waals surface area contributed by atoms with Crippen molar-refractivity contribution in [2.75, 3.05) is 6.54 Å². The monoisotopic (exact) mass is 337 g/mol. The second kappa shape index (κ2) is 7.72. The average Bonchev–Trinajstić information content (AvgIpc) is 3.10. The van der Waals surface area contributed by atoms with Crippen molar-refractivity contribution in [2.45, 2.75) is 20.0 Å². The largest absolute Gasteiger partial charge is 0.439 e. The second-order valence-corrected chi connectivity index (χ2v) is 5.71. The van der Waals surface area contributed by atoms with Crippen molar-refractivity contribution in [2.24, 2.45) is 0 Å². The minimum Gasteiger partial charge on any atom is -0.439 e. The van der Waals surface area contributed by atoms with Crippen molar-refractivity contribution in [1.82, 2.24) is 9.88 Å². The van der Waals surface area contributed by atoms with Crippen LogP contribution in [0, 0.1) is 10.1 Å². The highest BCUT2D eigenvalue weighted by molar-refractivity contribution is 5.55. The number of aromatic nitrogens is 1. The normalized spacial score (nSPS) is 11.0. The molecule has 6 nitrogen and oxygen atoms in total. The number of hydrogen-bond acceptors (Lipinski definition) is 5. The molecule has 0 N–H and O–H groups in total. The molecule has 0 unspecified atom stereocenters. The van der Waals surface area contributed by atoms with Crippen LogP contribution < -0.4 is 0 Å². The van der Waals surface area contributed by atoms with E-state index in [9.17, 15) is 10.1 Å². The number of rotatable bonds is 7. The topological polar surface area (TPSA) is 72.4 Å². The van der Waals surface area contributed by atoms with Crippen LogP contribution in [0.1, 0.15) is 18.4 Å². The highest BCUT2D eigenvalue weighted by atomic mass is 16.6. The van der Waals surface area contributed by atoms with Gasteiger partial charge in [0.1, 0.15) is 0 Å². The van der Waals surface area contributed by atoms with E-state index in [1.54, 1.807) is 18.3 Å². The van der Waals surface area contributed by atoms with E-state index in [0.717, 1.165) is 23.4 Å². The molecule has 2 aromatic carbocycles. The van der Waals surface area contributed by atoms with Gasteiger partial charge in [0.2, 0.25) is 5.89 Å². The number of benzene rings is 2. The van der Waals surface area contributed by atoms with Gasteiger partial charge in [0.15, 0.2) is 5.76 Å². The molecule has 0 saturated carbocycles. The van der Waals surface area contributed by atoms with Gasteiger partial charge in [-0.25, -0.2) is 4.98 Å². The summed E-state index contributed by atoms with van der Waals surface area (Å²) in [5.74, 6) is 1.37. The van der Waals surface area contributed by atoms with E-state index in [1.165, 1.54) is 6.07 Å². The predicted molar refractivity (Wildman–Crippen MR) is 94.8 cm³/mol. The van der Waals surface area contributed by atoms with Gasteiger partial charge in [-0.2, -0.15) is 0 Å². The lowest BCUT2D eigenvalue weighted by molar-refractivity contribution is -0.384. The van der Waals surface area contributed by atoms with Crippen LogP contribution >= 0.6 is 0 Å². The van der Waals surface area contributed by atoms with Gasteiger partial charge in [0, 0.05) is 24.2 Å². The van der Waals surface area contributed by atoms with Crippen LogP contribution in [0.25, 0.3) is 11.3 Å². The summed E-state index contributed by atoms with van der Waals surface area (Å²) >= 11 is 0. The smallest absolute Gasteiger partial charge is 0.269 e. The lowest BCUT2D eigenvalue weighted by Gasteiger charge is -2.18. The molecule has 0 radical (unpaired) electrons. The lowest BCUT2D eigenvalue weighted by atomic mass is 10.2. The maximum absolute atomic E-state index is 10.9. The third kappa shape index (κ3) is 4.30. The molecule has 0 aliphatic carbocycles. The molecule has 6 heteroatoms. The zero-order valence-electron chi connectivity index (χ0n) is 14.0. The van der Waals surface area contributed by atoms with Gasteiger partial charge in [-0.05, 0) is 12.1 Å². The quantitative estimate of drug-likeness (QED) is 0.475. The number of non-ortho nitro benzene ring substituents is 1. The van der Waals surface area contributed by atoms with Crippen LogP contribution in [0.15, 0.2) is 65.2 Å². The van der Waals surface area contributed by atoms with E-state index in [1.807, 2.05) is 43.3 Å². The Hall–Kier alpha value is -2.99. The van der Waals surface area contributed by atoms with Crippen LogP contribution in [0.4, 0.5) is 5.69 Å². The molecule has 3 aromatic rings. The summed E-state index contributed by atoms with van der Waals surface area (Å²) < 4.78 is 5.84. The highest BCUT2D eigenvalue weighted by Crippen LogP contribution is 2.21. The van der Waals surface area contributed by atoms with E-state index in [4.69, 9.17) is 4.42 Å². The standard InChI is InChI=1S/C19H19N3O3/c1-2-21(13-15-7-6-10-17(11-15)22(23)24)14-19-20-12-18(25-19)16-8-4-3-5-9-16/h3-12H,2,13-14H2,1H3. The van der Waals surface area contributed by atoms with Crippen molar-refractivity contribution >= 4 is 5.69 Å². The Balaban J connectivity index is 1.69. The van der Waals surface area contributed by atoms with Crippen LogP contribution in [-0.2, 0) is 13.1 Å².